The molecule has 0 unspecified atom stereocenters. The molecule has 0 aliphatic heterocycles. The third kappa shape index (κ3) is 6.50. The maximum atomic E-state index is 12.1. The van der Waals surface area contributed by atoms with Crippen molar-refractivity contribution in [2.45, 2.75) is 44.9 Å². The molecule has 0 atom stereocenters. The first kappa shape index (κ1) is 19.9. The Morgan fingerprint density at radius 1 is 1.00 bits per heavy atom. The van der Waals surface area contributed by atoms with E-state index in [0.717, 1.165) is 25.7 Å². The molecule has 1 fully saturated rings. The smallest absolute Gasteiger partial charge is 0.223 e. The van der Waals surface area contributed by atoms with Crippen molar-refractivity contribution in [2.75, 3.05) is 20.2 Å². The van der Waals surface area contributed by atoms with E-state index in [0.29, 0.717) is 43.7 Å². The molecule has 1 aromatic carbocycles. The van der Waals surface area contributed by atoms with Gasteiger partial charge in [0.1, 0.15) is 5.75 Å². The van der Waals surface area contributed by atoms with E-state index in [1.165, 1.54) is 0 Å². The zero-order valence-electron chi connectivity index (χ0n) is 15.4. The first-order valence-corrected chi connectivity index (χ1v) is 9.32. The van der Waals surface area contributed by atoms with E-state index in [1.54, 1.807) is 31.4 Å². The number of rotatable bonds is 10. The van der Waals surface area contributed by atoms with E-state index in [-0.39, 0.29) is 23.5 Å². The van der Waals surface area contributed by atoms with Gasteiger partial charge in [0.05, 0.1) is 7.11 Å². The molecule has 0 heterocycles. The highest BCUT2D eigenvalue weighted by Crippen LogP contribution is 2.24. The van der Waals surface area contributed by atoms with Crippen molar-refractivity contribution in [2.24, 2.45) is 5.92 Å². The monoisotopic (exact) mass is 360 g/mol. The second-order valence-corrected chi connectivity index (χ2v) is 6.63. The molecular formula is C20H28N2O4. The summed E-state index contributed by atoms with van der Waals surface area (Å²) in [6.07, 6.45) is 5.34. The van der Waals surface area contributed by atoms with Gasteiger partial charge in [-0.3, -0.25) is 14.4 Å². The van der Waals surface area contributed by atoms with E-state index < -0.39 is 0 Å². The van der Waals surface area contributed by atoms with Crippen molar-refractivity contribution in [1.82, 2.24) is 10.6 Å². The number of methoxy groups -OCH3 is 1. The number of carbonyl (C=O) groups excluding carboxylic acids is 3. The molecule has 6 heteroatoms. The summed E-state index contributed by atoms with van der Waals surface area (Å²) in [6, 6.07) is 6.96. The maximum absolute atomic E-state index is 12.1. The summed E-state index contributed by atoms with van der Waals surface area (Å²) >= 11 is 0. The zero-order valence-corrected chi connectivity index (χ0v) is 15.4. The number of hydrogen-bond donors (Lipinski definition) is 2. The third-order valence-corrected chi connectivity index (χ3v) is 4.69. The van der Waals surface area contributed by atoms with Crippen molar-refractivity contribution in [3.8, 4) is 5.75 Å². The first-order valence-electron chi connectivity index (χ1n) is 9.32. The van der Waals surface area contributed by atoms with Gasteiger partial charge in [-0.05, 0) is 43.5 Å². The van der Waals surface area contributed by atoms with Crippen LogP contribution in [0.4, 0.5) is 0 Å². The summed E-state index contributed by atoms with van der Waals surface area (Å²) < 4.78 is 5.06. The first-order chi connectivity index (χ1) is 12.6. The van der Waals surface area contributed by atoms with Gasteiger partial charge in [-0.25, -0.2) is 0 Å². The van der Waals surface area contributed by atoms with Crippen LogP contribution in [0.1, 0.15) is 55.3 Å². The van der Waals surface area contributed by atoms with Crippen LogP contribution in [-0.2, 0) is 9.59 Å². The van der Waals surface area contributed by atoms with Gasteiger partial charge in [0, 0.05) is 37.4 Å². The van der Waals surface area contributed by atoms with Crippen LogP contribution in [0.2, 0.25) is 0 Å². The quantitative estimate of drug-likeness (QED) is 0.496. The normalized spacial score (nSPS) is 14.0. The van der Waals surface area contributed by atoms with Crippen molar-refractivity contribution in [1.29, 1.82) is 0 Å². The minimum absolute atomic E-state index is 0.0179. The number of ketones is 1. The van der Waals surface area contributed by atoms with Gasteiger partial charge in [0.2, 0.25) is 11.8 Å². The summed E-state index contributed by atoms with van der Waals surface area (Å²) in [5.41, 5.74) is 0.626. The van der Waals surface area contributed by atoms with Crippen molar-refractivity contribution >= 4 is 17.6 Å². The van der Waals surface area contributed by atoms with Gasteiger partial charge in [-0.15, -0.1) is 0 Å². The van der Waals surface area contributed by atoms with Crippen molar-refractivity contribution in [3.63, 3.8) is 0 Å². The van der Waals surface area contributed by atoms with E-state index in [1.807, 2.05) is 0 Å². The lowest BCUT2D eigenvalue weighted by atomic mass is 10.1. The highest BCUT2D eigenvalue weighted by atomic mass is 16.5. The molecule has 2 N–H and O–H groups in total. The lowest BCUT2D eigenvalue weighted by Crippen LogP contribution is -2.37. The van der Waals surface area contributed by atoms with Gasteiger partial charge < -0.3 is 15.4 Å². The van der Waals surface area contributed by atoms with E-state index in [2.05, 4.69) is 10.6 Å². The van der Waals surface area contributed by atoms with Crippen LogP contribution in [0.15, 0.2) is 24.3 Å². The molecule has 0 spiro atoms. The summed E-state index contributed by atoms with van der Waals surface area (Å²) in [5.74, 6) is 0.879. The van der Waals surface area contributed by atoms with Gasteiger partial charge in [-0.1, -0.05) is 12.8 Å². The topological polar surface area (TPSA) is 84.5 Å². The molecule has 0 bridgehead atoms. The maximum Gasteiger partial charge on any atom is 0.223 e. The second-order valence-electron chi connectivity index (χ2n) is 6.63. The average molecular weight is 360 g/mol. The molecule has 1 aliphatic rings. The van der Waals surface area contributed by atoms with Crippen molar-refractivity contribution in [3.05, 3.63) is 29.8 Å². The fourth-order valence-corrected chi connectivity index (χ4v) is 3.14. The predicted octanol–water partition coefficient (Wildman–Crippen LogP) is 2.47. The molecule has 1 saturated carbocycles. The summed E-state index contributed by atoms with van der Waals surface area (Å²) in [5, 5.41) is 5.64. The number of ether oxygens (including phenoxy) is 1. The number of nitrogens with one attached hydrogen (secondary N) is 2. The fourth-order valence-electron chi connectivity index (χ4n) is 3.14. The van der Waals surface area contributed by atoms with Crippen LogP contribution in [0.3, 0.4) is 0 Å². The highest BCUT2D eigenvalue weighted by molar-refractivity contribution is 5.96. The van der Waals surface area contributed by atoms with E-state index >= 15 is 0 Å². The molecule has 0 radical (unpaired) electrons. The summed E-state index contributed by atoms with van der Waals surface area (Å²) in [6.45, 7) is 0.871. The minimum atomic E-state index is -0.0948. The second kappa shape index (κ2) is 10.6. The van der Waals surface area contributed by atoms with E-state index in [4.69, 9.17) is 4.74 Å². The summed E-state index contributed by atoms with van der Waals surface area (Å²) in [4.78, 5) is 35.7. The Bertz CT molecular complexity index is 607. The Balaban J connectivity index is 1.55. The molecule has 1 aliphatic carbocycles. The van der Waals surface area contributed by atoms with Crippen LogP contribution in [0.5, 0.6) is 5.75 Å². The molecule has 0 saturated heterocycles. The predicted molar refractivity (Wildman–Crippen MR) is 99.2 cm³/mol. The Labute approximate surface area is 154 Å². The highest BCUT2D eigenvalue weighted by Gasteiger charge is 2.21. The molecule has 6 nitrogen and oxygen atoms in total. The Morgan fingerprint density at radius 3 is 2.31 bits per heavy atom. The third-order valence-electron chi connectivity index (χ3n) is 4.69. The number of amides is 2. The van der Waals surface area contributed by atoms with Crippen LogP contribution in [0.25, 0.3) is 0 Å². The molecule has 142 valence electrons. The Kier molecular flexibility index (Phi) is 8.12. The van der Waals surface area contributed by atoms with Crippen LogP contribution in [-0.4, -0.2) is 37.8 Å². The largest absolute Gasteiger partial charge is 0.497 e. The lowest BCUT2D eigenvalue weighted by molar-refractivity contribution is -0.125. The standard InChI is InChI=1S/C20H28N2O4/c1-26-17-11-9-15(10-12-17)18(23)7-4-8-19(24)21-13-14-22-20(25)16-5-2-3-6-16/h9-12,16H,2-8,13-14H2,1H3,(H,21,24)(H,22,25). The molecule has 2 amide bonds. The van der Waals surface area contributed by atoms with Crippen LogP contribution < -0.4 is 15.4 Å². The van der Waals surface area contributed by atoms with Crippen LogP contribution >= 0.6 is 0 Å². The van der Waals surface area contributed by atoms with E-state index in [9.17, 15) is 14.4 Å². The SMILES string of the molecule is COc1ccc(C(=O)CCCC(=O)NCCNC(=O)C2CCCC2)cc1. The molecule has 1 aromatic rings. The Hall–Kier alpha value is -2.37. The number of hydrogen-bond acceptors (Lipinski definition) is 4. The zero-order chi connectivity index (χ0) is 18.8. The Morgan fingerprint density at radius 2 is 1.65 bits per heavy atom. The number of Topliss-reactive ketones (excluding diaryl/α,β-unsaturated/α-hetero) is 1. The number of benzene rings is 1. The fraction of sp³-hybridized carbons (Fsp3) is 0.550. The minimum Gasteiger partial charge on any atom is -0.497 e. The van der Waals surface area contributed by atoms with Gasteiger partial charge in [0.15, 0.2) is 5.78 Å². The number of carbonyl (C=O) groups is 3. The molecule has 2 rings (SSSR count). The summed E-state index contributed by atoms with van der Waals surface area (Å²) in [7, 11) is 1.58. The molecule has 0 aromatic heterocycles. The van der Waals surface area contributed by atoms with Gasteiger partial charge >= 0.3 is 0 Å². The van der Waals surface area contributed by atoms with Gasteiger partial charge in [0.25, 0.3) is 0 Å². The van der Waals surface area contributed by atoms with Gasteiger partial charge in [-0.2, -0.15) is 0 Å². The van der Waals surface area contributed by atoms with Crippen molar-refractivity contribution < 1.29 is 19.1 Å². The van der Waals surface area contributed by atoms with Crippen LogP contribution in [0, 0.1) is 5.92 Å². The lowest BCUT2D eigenvalue weighted by Gasteiger charge is -2.10. The average Bonchev–Trinajstić information content (AvgIpc) is 3.20. The molecular weight excluding hydrogens is 332 g/mol. The molecule has 26 heavy (non-hydrogen) atoms.